The summed E-state index contributed by atoms with van der Waals surface area (Å²) in [6.45, 7) is 5.24. The van der Waals surface area contributed by atoms with Crippen molar-refractivity contribution in [1.82, 2.24) is 29.5 Å². The number of rotatable bonds is 6. The Morgan fingerprint density at radius 2 is 2.07 bits per heavy atom. The predicted octanol–water partition coefficient (Wildman–Crippen LogP) is 2.34. The molecule has 1 saturated heterocycles. The lowest BCUT2D eigenvalue weighted by molar-refractivity contribution is -0.131. The van der Waals surface area contributed by atoms with Crippen LogP contribution in [-0.2, 0) is 17.9 Å². The Morgan fingerprint density at radius 1 is 1.11 bits per heavy atom. The van der Waals surface area contributed by atoms with Crippen LogP contribution < -0.4 is 0 Å². The van der Waals surface area contributed by atoms with Gasteiger partial charge in [-0.2, -0.15) is 5.10 Å². The molecule has 0 radical (unpaired) electrons. The summed E-state index contributed by atoms with van der Waals surface area (Å²) in [6.07, 6.45) is 7.43. The van der Waals surface area contributed by atoms with Crippen LogP contribution in [0.5, 0.6) is 0 Å². The van der Waals surface area contributed by atoms with Crippen LogP contribution in [0.2, 0.25) is 0 Å². The average Bonchev–Trinajstić information content (AvgIpc) is 3.13. The zero-order valence-corrected chi connectivity index (χ0v) is 16.1. The molecule has 0 atom stereocenters. The molecule has 1 aliphatic rings. The molecule has 2 aromatic heterocycles. The Morgan fingerprint density at radius 3 is 2.96 bits per heavy atom. The molecule has 1 fully saturated rings. The lowest BCUT2D eigenvalue weighted by Gasteiger charge is -2.22. The molecule has 0 N–H and O–H groups in total. The van der Waals surface area contributed by atoms with Gasteiger partial charge in [-0.25, -0.2) is 4.98 Å². The van der Waals surface area contributed by atoms with E-state index in [0.717, 1.165) is 57.6 Å². The second-order valence-electron chi connectivity index (χ2n) is 7.30. The molecule has 3 aromatic rings. The quantitative estimate of drug-likeness (QED) is 0.659. The summed E-state index contributed by atoms with van der Waals surface area (Å²) < 4.78 is 1.77. The number of hydrogen-bond acceptors (Lipinski definition) is 5. The first-order valence-corrected chi connectivity index (χ1v) is 9.94. The van der Waals surface area contributed by atoms with E-state index in [-0.39, 0.29) is 5.91 Å². The maximum Gasteiger partial charge on any atom is 0.222 e. The number of aryl methyl sites for hydroxylation is 1. The van der Waals surface area contributed by atoms with E-state index in [1.54, 1.807) is 11.0 Å². The fourth-order valence-corrected chi connectivity index (χ4v) is 3.76. The number of benzene rings is 1. The Hall–Kier alpha value is -2.80. The summed E-state index contributed by atoms with van der Waals surface area (Å²) in [4.78, 5) is 25.3. The highest BCUT2D eigenvalue weighted by Gasteiger charge is 2.19. The maximum atomic E-state index is 12.5. The molecule has 1 aliphatic heterocycles. The maximum absolute atomic E-state index is 12.5. The van der Waals surface area contributed by atoms with E-state index < -0.39 is 0 Å². The van der Waals surface area contributed by atoms with Gasteiger partial charge in [-0.1, -0.05) is 12.1 Å². The van der Waals surface area contributed by atoms with Crippen molar-refractivity contribution in [1.29, 1.82) is 0 Å². The first-order chi connectivity index (χ1) is 13.8. The Kier molecular flexibility index (Phi) is 5.92. The molecule has 7 heteroatoms. The smallest absolute Gasteiger partial charge is 0.222 e. The van der Waals surface area contributed by atoms with Crippen LogP contribution in [0, 0.1) is 0 Å². The minimum absolute atomic E-state index is 0.249. The van der Waals surface area contributed by atoms with Gasteiger partial charge in [0.25, 0.3) is 0 Å². The number of pyridine rings is 1. The highest BCUT2D eigenvalue weighted by Crippen LogP contribution is 2.16. The number of aromatic nitrogens is 4. The van der Waals surface area contributed by atoms with Crippen molar-refractivity contribution < 1.29 is 4.79 Å². The standard InChI is InChI=1S/C21H26N6O/c28-21(5-2-11-27-17-22-16-24-27)26-10-3-9-25(12-13-26)15-18-6-7-20-19(14-18)4-1-8-23-20/h1,4,6-8,14,16-17H,2-3,5,9-13,15H2. The fraction of sp³-hybridized carbons (Fsp3) is 0.429. The number of carbonyl (C=O) groups excluding carboxylic acids is 1. The third-order valence-corrected chi connectivity index (χ3v) is 5.26. The molecule has 146 valence electrons. The van der Waals surface area contributed by atoms with E-state index in [4.69, 9.17) is 0 Å². The van der Waals surface area contributed by atoms with Gasteiger partial charge < -0.3 is 4.90 Å². The van der Waals surface area contributed by atoms with E-state index in [1.165, 1.54) is 17.3 Å². The molecule has 7 nitrogen and oxygen atoms in total. The normalized spacial score (nSPS) is 15.6. The molecule has 0 saturated carbocycles. The Bertz CT molecular complexity index is 910. The molecule has 0 spiro atoms. The van der Waals surface area contributed by atoms with Crippen molar-refractivity contribution in [2.75, 3.05) is 26.2 Å². The van der Waals surface area contributed by atoms with Crippen molar-refractivity contribution >= 4 is 16.8 Å². The molecule has 28 heavy (non-hydrogen) atoms. The number of fused-ring (bicyclic) bond motifs is 1. The monoisotopic (exact) mass is 378 g/mol. The van der Waals surface area contributed by atoms with Crippen LogP contribution in [0.25, 0.3) is 10.9 Å². The highest BCUT2D eigenvalue weighted by molar-refractivity contribution is 5.79. The summed E-state index contributed by atoms with van der Waals surface area (Å²) in [5.41, 5.74) is 2.33. The predicted molar refractivity (Wildman–Crippen MR) is 107 cm³/mol. The Balaban J connectivity index is 1.27. The van der Waals surface area contributed by atoms with E-state index in [2.05, 4.69) is 44.2 Å². The molecule has 4 rings (SSSR count). The van der Waals surface area contributed by atoms with E-state index in [0.29, 0.717) is 6.42 Å². The Labute approximate surface area is 165 Å². The van der Waals surface area contributed by atoms with Gasteiger partial charge >= 0.3 is 0 Å². The SMILES string of the molecule is O=C(CCCn1cncn1)N1CCCN(Cc2ccc3ncccc3c2)CC1. The molecule has 1 amide bonds. The number of hydrogen-bond donors (Lipinski definition) is 0. The molecular weight excluding hydrogens is 352 g/mol. The summed E-state index contributed by atoms with van der Waals surface area (Å²) in [5.74, 6) is 0.249. The van der Waals surface area contributed by atoms with Crippen LogP contribution >= 0.6 is 0 Å². The van der Waals surface area contributed by atoms with Crippen molar-refractivity contribution in [2.24, 2.45) is 0 Å². The van der Waals surface area contributed by atoms with Gasteiger partial charge in [0, 0.05) is 57.3 Å². The molecule has 0 aliphatic carbocycles. The van der Waals surface area contributed by atoms with Crippen LogP contribution in [0.1, 0.15) is 24.8 Å². The first-order valence-electron chi connectivity index (χ1n) is 9.94. The largest absolute Gasteiger partial charge is 0.341 e. The third-order valence-electron chi connectivity index (χ3n) is 5.26. The number of carbonyl (C=O) groups is 1. The van der Waals surface area contributed by atoms with Crippen LogP contribution in [0.3, 0.4) is 0 Å². The van der Waals surface area contributed by atoms with Gasteiger partial charge in [0.2, 0.25) is 5.91 Å². The molecule has 0 bridgehead atoms. The summed E-state index contributed by atoms with van der Waals surface area (Å²) in [7, 11) is 0. The van der Waals surface area contributed by atoms with Crippen LogP contribution in [0.4, 0.5) is 0 Å². The zero-order chi connectivity index (χ0) is 19.2. The van der Waals surface area contributed by atoms with Crippen LogP contribution in [-0.4, -0.2) is 61.6 Å². The van der Waals surface area contributed by atoms with Gasteiger partial charge in [0.05, 0.1) is 5.52 Å². The van der Waals surface area contributed by atoms with Gasteiger partial charge in [-0.3, -0.25) is 19.4 Å². The zero-order valence-electron chi connectivity index (χ0n) is 16.1. The highest BCUT2D eigenvalue weighted by atomic mass is 16.2. The van der Waals surface area contributed by atoms with Crippen molar-refractivity contribution in [3.8, 4) is 0 Å². The topological polar surface area (TPSA) is 67.2 Å². The minimum Gasteiger partial charge on any atom is -0.341 e. The summed E-state index contributed by atoms with van der Waals surface area (Å²) in [6, 6.07) is 10.6. The van der Waals surface area contributed by atoms with Gasteiger partial charge in [0.1, 0.15) is 12.7 Å². The van der Waals surface area contributed by atoms with Crippen LogP contribution in [0.15, 0.2) is 49.2 Å². The van der Waals surface area contributed by atoms with Crippen molar-refractivity contribution in [3.05, 3.63) is 54.7 Å². The summed E-state index contributed by atoms with van der Waals surface area (Å²) in [5, 5.41) is 5.26. The van der Waals surface area contributed by atoms with Crippen molar-refractivity contribution in [2.45, 2.75) is 32.4 Å². The number of amides is 1. The van der Waals surface area contributed by atoms with E-state index >= 15 is 0 Å². The van der Waals surface area contributed by atoms with Crippen molar-refractivity contribution in [3.63, 3.8) is 0 Å². The third kappa shape index (κ3) is 4.72. The first kappa shape index (κ1) is 18.6. The molecule has 3 heterocycles. The summed E-state index contributed by atoms with van der Waals surface area (Å²) >= 11 is 0. The van der Waals surface area contributed by atoms with Gasteiger partial charge in [-0.15, -0.1) is 0 Å². The molecular formula is C21H26N6O. The van der Waals surface area contributed by atoms with E-state index in [1.807, 2.05) is 17.2 Å². The van der Waals surface area contributed by atoms with Gasteiger partial charge in [0.15, 0.2) is 0 Å². The second kappa shape index (κ2) is 8.93. The second-order valence-corrected chi connectivity index (χ2v) is 7.30. The van der Waals surface area contributed by atoms with Gasteiger partial charge in [-0.05, 0) is 36.6 Å². The molecule has 1 aromatic carbocycles. The lowest BCUT2D eigenvalue weighted by atomic mass is 10.1. The average molecular weight is 378 g/mol. The van der Waals surface area contributed by atoms with E-state index in [9.17, 15) is 4.79 Å². The molecule has 0 unspecified atom stereocenters. The number of nitrogens with zero attached hydrogens (tertiary/aromatic N) is 6. The lowest BCUT2D eigenvalue weighted by Crippen LogP contribution is -2.35. The minimum atomic E-state index is 0.249. The fourth-order valence-electron chi connectivity index (χ4n) is 3.76.